The molecule has 2 atom stereocenters. The van der Waals surface area contributed by atoms with Crippen LogP contribution in [0.15, 0.2) is 30.3 Å². The van der Waals surface area contributed by atoms with E-state index in [4.69, 9.17) is 4.74 Å². The molecule has 0 N–H and O–H groups in total. The number of nitrogens with zero attached hydrogens (tertiary/aromatic N) is 1. The SMILES string of the molecule is COC(=O)C1CCCCN1[C@H](C)c1ccccc1. The molecule has 3 heteroatoms. The monoisotopic (exact) mass is 247 g/mol. The maximum atomic E-state index is 11.8. The highest BCUT2D eigenvalue weighted by Gasteiger charge is 2.32. The van der Waals surface area contributed by atoms with Crippen molar-refractivity contribution in [3.63, 3.8) is 0 Å². The van der Waals surface area contributed by atoms with Crippen LogP contribution in [-0.4, -0.2) is 30.6 Å². The number of carbonyl (C=O) groups excluding carboxylic acids is 1. The van der Waals surface area contributed by atoms with Gasteiger partial charge in [0, 0.05) is 6.04 Å². The molecule has 1 saturated heterocycles. The Kier molecular flexibility index (Phi) is 4.37. The Morgan fingerprint density at radius 2 is 2.06 bits per heavy atom. The minimum atomic E-state index is -0.0996. The van der Waals surface area contributed by atoms with Crippen LogP contribution in [0.1, 0.15) is 37.8 Å². The Labute approximate surface area is 109 Å². The summed E-state index contributed by atoms with van der Waals surface area (Å²) >= 11 is 0. The number of ether oxygens (including phenoxy) is 1. The van der Waals surface area contributed by atoms with E-state index in [1.54, 1.807) is 0 Å². The maximum absolute atomic E-state index is 11.8. The minimum Gasteiger partial charge on any atom is -0.468 e. The fraction of sp³-hybridized carbons (Fsp3) is 0.533. The second kappa shape index (κ2) is 6.01. The van der Waals surface area contributed by atoms with Gasteiger partial charge < -0.3 is 4.74 Å². The molecule has 0 bridgehead atoms. The number of benzene rings is 1. The van der Waals surface area contributed by atoms with Gasteiger partial charge in [-0.05, 0) is 31.9 Å². The van der Waals surface area contributed by atoms with Gasteiger partial charge in [0.2, 0.25) is 0 Å². The summed E-state index contributed by atoms with van der Waals surface area (Å²) in [5.74, 6) is -0.0996. The van der Waals surface area contributed by atoms with E-state index in [0.717, 1.165) is 25.8 Å². The van der Waals surface area contributed by atoms with E-state index < -0.39 is 0 Å². The van der Waals surface area contributed by atoms with Gasteiger partial charge in [-0.1, -0.05) is 36.8 Å². The van der Waals surface area contributed by atoms with Crippen molar-refractivity contribution in [2.75, 3.05) is 13.7 Å². The molecular weight excluding hydrogens is 226 g/mol. The highest BCUT2D eigenvalue weighted by molar-refractivity contribution is 5.75. The molecule has 0 amide bonds. The fourth-order valence-corrected chi connectivity index (χ4v) is 2.73. The summed E-state index contributed by atoms with van der Waals surface area (Å²) in [7, 11) is 1.47. The Balaban J connectivity index is 2.16. The highest BCUT2D eigenvalue weighted by Crippen LogP contribution is 2.28. The maximum Gasteiger partial charge on any atom is 0.323 e. The topological polar surface area (TPSA) is 29.5 Å². The van der Waals surface area contributed by atoms with Gasteiger partial charge in [0.25, 0.3) is 0 Å². The Morgan fingerprint density at radius 3 is 2.72 bits per heavy atom. The first-order chi connectivity index (χ1) is 8.74. The molecule has 0 aliphatic carbocycles. The van der Waals surface area contributed by atoms with Crippen LogP contribution >= 0.6 is 0 Å². The molecule has 1 unspecified atom stereocenters. The molecule has 18 heavy (non-hydrogen) atoms. The first-order valence-corrected chi connectivity index (χ1v) is 6.62. The largest absolute Gasteiger partial charge is 0.468 e. The number of hydrogen-bond donors (Lipinski definition) is 0. The molecule has 3 nitrogen and oxygen atoms in total. The van der Waals surface area contributed by atoms with Crippen molar-refractivity contribution < 1.29 is 9.53 Å². The summed E-state index contributed by atoms with van der Waals surface area (Å²) < 4.78 is 4.93. The van der Waals surface area contributed by atoms with Crippen molar-refractivity contribution in [1.82, 2.24) is 4.90 Å². The van der Waals surface area contributed by atoms with Gasteiger partial charge in [0.15, 0.2) is 0 Å². The van der Waals surface area contributed by atoms with E-state index in [1.807, 2.05) is 18.2 Å². The molecule has 1 aliphatic rings. The molecular formula is C15H21NO2. The van der Waals surface area contributed by atoms with Crippen LogP contribution in [0.3, 0.4) is 0 Å². The minimum absolute atomic E-state index is 0.0843. The second-order valence-electron chi connectivity index (χ2n) is 4.86. The average molecular weight is 247 g/mol. The lowest BCUT2D eigenvalue weighted by molar-refractivity contribution is -0.149. The molecule has 0 aromatic heterocycles. The second-order valence-corrected chi connectivity index (χ2v) is 4.86. The lowest BCUT2D eigenvalue weighted by atomic mass is 9.97. The first kappa shape index (κ1) is 13.1. The van der Waals surface area contributed by atoms with E-state index in [-0.39, 0.29) is 18.1 Å². The van der Waals surface area contributed by atoms with Gasteiger partial charge in [-0.25, -0.2) is 0 Å². The van der Waals surface area contributed by atoms with Crippen molar-refractivity contribution in [2.45, 2.75) is 38.3 Å². The van der Waals surface area contributed by atoms with Crippen LogP contribution < -0.4 is 0 Å². The Hall–Kier alpha value is -1.35. The molecule has 1 heterocycles. The van der Waals surface area contributed by atoms with Crippen molar-refractivity contribution >= 4 is 5.97 Å². The lowest BCUT2D eigenvalue weighted by Crippen LogP contribution is -2.46. The van der Waals surface area contributed by atoms with Crippen LogP contribution in [-0.2, 0) is 9.53 Å². The van der Waals surface area contributed by atoms with Crippen molar-refractivity contribution in [3.05, 3.63) is 35.9 Å². The number of hydrogen-bond acceptors (Lipinski definition) is 3. The molecule has 0 radical (unpaired) electrons. The average Bonchev–Trinajstić information content (AvgIpc) is 2.46. The van der Waals surface area contributed by atoms with Gasteiger partial charge in [-0.15, -0.1) is 0 Å². The van der Waals surface area contributed by atoms with Crippen LogP contribution in [0.4, 0.5) is 0 Å². The number of rotatable bonds is 3. The number of esters is 1. The predicted molar refractivity (Wildman–Crippen MR) is 71.2 cm³/mol. The Bertz CT molecular complexity index is 391. The molecule has 1 aromatic rings. The van der Waals surface area contributed by atoms with E-state index >= 15 is 0 Å². The van der Waals surface area contributed by atoms with E-state index in [2.05, 4.69) is 24.0 Å². The van der Waals surface area contributed by atoms with E-state index in [1.165, 1.54) is 12.7 Å². The van der Waals surface area contributed by atoms with Crippen molar-refractivity contribution in [3.8, 4) is 0 Å². The molecule has 1 aliphatic heterocycles. The molecule has 1 aromatic carbocycles. The smallest absolute Gasteiger partial charge is 0.323 e. The number of methoxy groups -OCH3 is 1. The van der Waals surface area contributed by atoms with Crippen LogP contribution in [0.5, 0.6) is 0 Å². The molecule has 2 rings (SSSR count). The van der Waals surface area contributed by atoms with Crippen molar-refractivity contribution in [1.29, 1.82) is 0 Å². The molecule has 0 spiro atoms. The summed E-state index contributed by atoms with van der Waals surface area (Å²) in [6.07, 6.45) is 3.17. The fourth-order valence-electron chi connectivity index (χ4n) is 2.73. The summed E-state index contributed by atoms with van der Waals surface area (Å²) in [4.78, 5) is 14.1. The van der Waals surface area contributed by atoms with Gasteiger partial charge in [0.05, 0.1) is 7.11 Å². The summed E-state index contributed by atoms with van der Waals surface area (Å²) in [5, 5.41) is 0. The third-order valence-electron chi connectivity index (χ3n) is 3.80. The summed E-state index contributed by atoms with van der Waals surface area (Å²) in [6, 6.07) is 10.5. The molecule has 0 saturated carbocycles. The quantitative estimate of drug-likeness (QED) is 0.769. The third-order valence-corrected chi connectivity index (χ3v) is 3.80. The van der Waals surface area contributed by atoms with Crippen LogP contribution in [0.25, 0.3) is 0 Å². The number of carbonyl (C=O) groups is 1. The predicted octanol–water partition coefficient (Wildman–Crippen LogP) is 2.78. The zero-order valence-corrected chi connectivity index (χ0v) is 11.1. The zero-order valence-electron chi connectivity index (χ0n) is 11.1. The molecule has 1 fully saturated rings. The zero-order chi connectivity index (χ0) is 13.0. The summed E-state index contributed by atoms with van der Waals surface area (Å²) in [6.45, 7) is 3.13. The van der Waals surface area contributed by atoms with E-state index in [9.17, 15) is 4.79 Å². The normalized spacial score (nSPS) is 22.4. The van der Waals surface area contributed by atoms with Gasteiger partial charge in [-0.3, -0.25) is 9.69 Å². The number of piperidine rings is 1. The van der Waals surface area contributed by atoms with Gasteiger partial charge in [0.1, 0.15) is 6.04 Å². The molecule has 98 valence electrons. The third kappa shape index (κ3) is 2.72. The standard InChI is InChI=1S/C15H21NO2/c1-12(13-8-4-3-5-9-13)16-11-7-6-10-14(16)15(17)18-2/h3-5,8-9,12,14H,6-7,10-11H2,1-2H3/t12-,14?/m1/s1. The number of likely N-dealkylation sites (tertiary alicyclic amines) is 1. The van der Waals surface area contributed by atoms with Crippen molar-refractivity contribution in [2.24, 2.45) is 0 Å². The highest BCUT2D eigenvalue weighted by atomic mass is 16.5. The summed E-state index contributed by atoms with van der Waals surface area (Å²) in [5.41, 5.74) is 1.26. The first-order valence-electron chi connectivity index (χ1n) is 6.62. The van der Waals surface area contributed by atoms with Gasteiger partial charge in [-0.2, -0.15) is 0 Å². The van der Waals surface area contributed by atoms with Crippen LogP contribution in [0.2, 0.25) is 0 Å². The van der Waals surface area contributed by atoms with Crippen LogP contribution in [0, 0.1) is 0 Å². The lowest BCUT2D eigenvalue weighted by Gasteiger charge is -2.38. The Morgan fingerprint density at radius 1 is 1.33 bits per heavy atom. The van der Waals surface area contributed by atoms with Gasteiger partial charge >= 0.3 is 5.97 Å². The van der Waals surface area contributed by atoms with E-state index in [0.29, 0.717) is 0 Å².